The number of anilines is 8. The SMILES string of the molecule is O=C(Nc1ccccc1)N(c1n[nH]c2c1c(Nc1ccc(Cl)cc1)nc1ccccc12)N(C(=O)Nc1ccccc1)c1n[nH]c2c1c(Nc1ccc(Cl)cc1)nc1ccccc12. The van der Waals surface area contributed by atoms with Crippen molar-refractivity contribution < 1.29 is 9.59 Å². The normalized spacial score (nSPS) is 11.2. The zero-order valence-corrected chi connectivity index (χ0v) is 33.8. The van der Waals surface area contributed by atoms with Crippen molar-refractivity contribution in [1.29, 1.82) is 0 Å². The summed E-state index contributed by atoms with van der Waals surface area (Å²) >= 11 is 12.5. The quantitative estimate of drug-likeness (QED) is 0.0820. The first kappa shape index (κ1) is 38.0. The third kappa shape index (κ3) is 7.25. The molecule has 0 bridgehead atoms. The molecule has 0 aliphatic carbocycles. The van der Waals surface area contributed by atoms with Gasteiger partial charge in [-0.3, -0.25) is 10.2 Å². The summed E-state index contributed by atoms with van der Waals surface area (Å²) in [5.41, 5.74) is 4.65. The summed E-state index contributed by atoms with van der Waals surface area (Å²) in [4.78, 5) is 40.6. The van der Waals surface area contributed by atoms with Crippen LogP contribution in [0.5, 0.6) is 0 Å². The summed E-state index contributed by atoms with van der Waals surface area (Å²) in [6, 6.07) is 45.7. The smallest absolute Gasteiger partial charge is 0.340 e. The number of hydrogen-bond donors (Lipinski definition) is 6. The van der Waals surface area contributed by atoms with Gasteiger partial charge >= 0.3 is 12.1 Å². The number of fused-ring (bicyclic) bond motifs is 6. The van der Waals surface area contributed by atoms with Crippen LogP contribution < -0.4 is 31.3 Å². The van der Waals surface area contributed by atoms with Gasteiger partial charge in [-0.2, -0.15) is 20.2 Å². The largest absolute Gasteiger partial charge is 0.347 e. The molecule has 4 heterocycles. The molecule has 6 aromatic carbocycles. The van der Waals surface area contributed by atoms with Gasteiger partial charge in [0.2, 0.25) is 0 Å². The van der Waals surface area contributed by atoms with Crippen LogP contribution in [-0.4, -0.2) is 42.4 Å². The Balaban J connectivity index is 1.25. The van der Waals surface area contributed by atoms with E-state index in [9.17, 15) is 0 Å². The van der Waals surface area contributed by atoms with Crippen molar-refractivity contribution in [3.63, 3.8) is 0 Å². The monoisotopic (exact) mass is 854 g/mol. The molecular formula is C46H32Cl2N12O2. The number of hydrogen-bond acceptors (Lipinski definition) is 8. The van der Waals surface area contributed by atoms with E-state index in [0.717, 1.165) is 20.8 Å². The van der Waals surface area contributed by atoms with Crippen LogP contribution in [0.3, 0.4) is 0 Å². The highest BCUT2D eigenvalue weighted by molar-refractivity contribution is 6.31. The third-order valence-electron chi connectivity index (χ3n) is 10.0. The summed E-state index contributed by atoms with van der Waals surface area (Å²) in [7, 11) is 0. The van der Waals surface area contributed by atoms with Gasteiger partial charge in [-0.25, -0.2) is 19.6 Å². The second-order valence-corrected chi connectivity index (χ2v) is 14.9. The molecule has 0 saturated heterocycles. The summed E-state index contributed by atoms with van der Waals surface area (Å²) in [5.74, 6) is 0.720. The highest BCUT2D eigenvalue weighted by atomic mass is 35.5. The molecule has 4 aromatic heterocycles. The Labute approximate surface area is 362 Å². The van der Waals surface area contributed by atoms with E-state index in [-0.39, 0.29) is 11.6 Å². The molecule has 16 heteroatoms. The fourth-order valence-electron chi connectivity index (χ4n) is 7.21. The number of aromatic amines is 2. The first-order valence-corrected chi connectivity index (χ1v) is 20.0. The van der Waals surface area contributed by atoms with Crippen LogP contribution in [-0.2, 0) is 0 Å². The number of halogens is 2. The lowest BCUT2D eigenvalue weighted by Gasteiger charge is -2.32. The minimum atomic E-state index is -0.754. The number of carbonyl (C=O) groups excluding carboxylic acids is 2. The van der Waals surface area contributed by atoms with E-state index in [0.29, 0.717) is 77.3 Å². The van der Waals surface area contributed by atoms with Gasteiger partial charge in [-0.05, 0) is 84.9 Å². The fraction of sp³-hybridized carbons (Fsp3) is 0. The molecule has 0 aliphatic heterocycles. The van der Waals surface area contributed by atoms with Crippen molar-refractivity contribution in [3.8, 4) is 0 Å². The number of aromatic nitrogens is 6. The van der Waals surface area contributed by atoms with Crippen LogP contribution in [0.25, 0.3) is 43.6 Å². The lowest BCUT2D eigenvalue weighted by molar-refractivity contribution is 0.248. The predicted molar refractivity (Wildman–Crippen MR) is 248 cm³/mol. The Morgan fingerprint density at radius 3 is 1.23 bits per heavy atom. The third-order valence-corrected chi connectivity index (χ3v) is 10.5. The van der Waals surface area contributed by atoms with Crippen molar-refractivity contribution in [1.82, 2.24) is 30.4 Å². The van der Waals surface area contributed by atoms with Gasteiger partial charge in [0.25, 0.3) is 0 Å². The van der Waals surface area contributed by atoms with Gasteiger partial charge in [0.15, 0.2) is 11.6 Å². The minimum Gasteiger partial charge on any atom is -0.340 e. The second-order valence-electron chi connectivity index (χ2n) is 14.0. The maximum Gasteiger partial charge on any atom is 0.347 e. The van der Waals surface area contributed by atoms with E-state index < -0.39 is 12.1 Å². The summed E-state index contributed by atoms with van der Waals surface area (Å²) in [6.45, 7) is 0. The number of hydrazine groups is 1. The van der Waals surface area contributed by atoms with Crippen LogP contribution in [0.2, 0.25) is 10.0 Å². The molecule has 0 radical (unpaired) electrons. The van der Waals surface area contributed by atoms with Crippen LogP contribution >= 0.6 is 23.2 Å². The zero-order valence-electron chi connectivity index (χ0n) is 32.3. The number of rotatable bonds is 8. The summed E-state index contributed by atoms with van der Waals surface area (Å²) in [5, 5.41) is 34.4. The van der Waals surface area contributed by atoms with Gasteiger partial charge in [0.05, 0.1) is 32.8 Å². The van der Waals surface area contributed by atoms with E-state index in [1.165, 1.54) is 0 Å². The van der Waals surface area contributed by atoms with Gasteiger partial charge in [-0.1, -0.05) is 96.0 Å². The number of H-pyrrole nitrogens is 2. The number of benzene rings is 6. The highest BCUT2D eigenvalue weighted by Crippen LogP contribution is 2.41. The molecule has 0 aliphatic rings. The van der Waals surface area contributed by atoms with Crippen molar-refractivity contribution >= 4 is 125 Å². The Kier molecular flexibility index (Phi) is 9.88. The van der Waals surface area contributed by atoms with E-state index in [2.05, 4.69) is 31.5 Å². The lowest BCUT2D eigenvalue weighted by Crippen LogP contribution is -2.54. The molecule has 4 amide bonds. The molecule has 62 heavy (non-hydrogen) atoms. The van der Waals surface area contributed by atoms with E-state index in [1.807, 2.05) is 84.9 Å². The number of para-hydroxylation sites is 4. The van der Waals surface area contributed by atoms with E-state index in [4.69, 9.17) is 43.4 Å². The van der Waals surface area contributed by atoms with Gasteiger partial charge in [0, 0.05) is 43.6 Å². The molecule has 14 nitrogen and oxygen atoms in total. The zero-order chi connectivity index (χ0) is 42.2. The number of carbonyl (C=O) groups is 2. The van der Waals surface area contributed by atoms with Gasteiger partial charge < -0.3 is 21.3 Å². The van der Waals surface area contributed by atoms with Crippen LogP contribution in [0.15, 0.2) is 158 Å². The average molecular weight is 856 g/mol. The number of amides is 4. The standard InChI is InChI=1S/C46H32Cl2N12O2/c47-27-19-23-31(24-20-27)49-41-37-39(33-15-7-9-17-35(33)53-41)55-57-43(37)59(45(61)51-29-11-3-1-4-12-29)60(46(62)52-30-13-5-2-6-14-30)44-38-40(56-58-44)34-16-8-10-18-36(34)54-42(38)50-32-25-21-28(48)22-26-32/h1-26H,(H,49,53)(H,50,54)(H,51,61)(H,52,62)(H,55,57)(H,56,58). The fourth-order valence-corrected chi connectivity index (χ4v) is 7.46. The van der Waals surface area contributed by atoms with Gasteiger partial charge in [-0.15, -0.1) is 0 Å². The molecule has 302 valence electrons. The lowest BCUT2D eigenvalue weighted by atomic mass is 10.1. The molecular weight excluding hydrogens is 823 g/mol. The number of pyridine rings is 2. The van der Waals surface area contributed by atoms with E-state index in [1.54, 1.807) is 72.8 Å². The van der Waals surface area contributed by atoms with Crippen molar-refractivity contribution in [2.24, 2.45) is 0 Å². The van der Waals surface area contributed by atoms with Crippen molar-refractivity contribution in [2.75, 3.05) is 31.3 Å². The molecule has 10 rings (SSSR count). The summed E-state index contributed by atoms with van der Waals surface area (Å²) < 4.78 is 0. The van der Waals surface area contributed by atoms with Crippen molar-refractivity contribution in [2.45, 2.75) is 0 Å². The Bertz CT molecular complexity index is 3050. The summed E-state index contributed by atoms with van der Waals surface area (Å²) in [6.07, 6.45) is 0. The van der Waals surface area contributed by atoms with Crippen molar-refractivity contribution in [3.05, 3.63) is 168 Å². The highest BCUT2D eigenvalue weighted by Gasteiger charge is 2.38. The Morgan fingerprint density at radius 1 is 0.452 bits per heavy atom. The molecule has 0 saturated carbocycles. The minimum absolute atomic E-state index is 0.0171. The molecule has 0 spiro atoms. The Morgan fingerprint density at radius 2 is 0.823 bits per heavy atom. The predicted octanol–water partition coefficient (Wildman–Crippen LogP) is 12.0. The number of nitrogens with one attached hydrogen (secondary N) is 6. The molecule has 6 N–H and O–H groups in total. The maximum atomic E-state index is 15.3. The van der Waals surface area contributed by atoms with Crippen LogP contribution in [0.4, 0.5) is 55.6 Å². The van der Waals surface area contributed by atoms with Crippen LogP contribution in [0, 0.1) is 0 Å². The average Bonchev–Trinajstić information content (AvgIpc) is 3.94. The first-order valence-electron chi connectivity index (χ1n) is 19.3. The second kappa shape index (κ2) is 16.1. The topological polar surface area (TPSA) is 172 Å². The Hall–Kier alpha value is -8.20. The first-order chi connectivity index (χ1) is 30.4. The number of nitrogens with zero attached hydrogens (tertiary/aromatic N) is 6. The maximum absolute atomic E-state index is 15.3. The molecule has 0 atom stereocenters. The molecule has 10 aromatic rings. The number of urea groups is 2. The van der Waals surface area contributed by atoms with Gasteiger partial charge in [0.1, 0.15) is 11.6 Å². The molecule has 0 unspecified atom stereocenters. The van der Waals surface area contributed by atoms with E-state index >= 15 is 9.59 Å². The molecule has 0 fully saturated rings. The van der Waals surface area contributed by atoms with Crippen LogP contribution in [0.1, 0.15) is 0 Å².